The Bertz CT molecular complexity index is 682. The van der Waals surface area contributed by atoms with Gasteiger partial charge in [-0.1, -0.05) is 42.1 Å². The van der Waals surface area contributed by atoms with Crippen molar-refractivity contribution in [3.63, 3.8) is 0 Å². The Morgan fingerprint density at radius 2 is 1.82 bits per heavy atom. The van der Waals surface area contributed by atoms with Crippen molar-refractivity contribution in [1.82, 2.24) is 0 Å². The van der Waals surface area contributed by atoms with E-state index in [-0.39, 0.29) is 5.75 Å². The topological polar surface area (TPSA) is 71.0 Å². The molecular formula is C15H13Br2N3OS. The van der Waals surface area contributed by atoms with Gasteiger partial charge < -0.3 is 10.8 Å². The Balaban J connectivity index is 1.95. The van der Waals surface area contributed by atoms with Crippen LogP contribution >= 0.6 is 43.6 Å². The second-order valence-electron chi connectivity index (χ2n) is 4.29. The summed E-state index contributed by atoms with van der Waals surface area (Å²) in [7, 11) is 0. The van der Waals surface area contributed by atoms with Crippen molar-refractivity contribution in [2.24, 2.45) is 15.9 Å². The first-order valence-electron chi connectivity index (χ1n) is 6.27. The van der Waals surface area contributed by atoms with Crippen LogP contribution in [0.15, 0.2) is 61.6 Å². The summed E-state index contributed by atoms with van der Waals surface area (Å²) in [5.41, 5.74) is 7.78. The standard InChI is InChI=1S/C15H13Br2N3OS/c16-12-6-11(7-13(17)14(12)21)8-19-20-15(18)22-9-10-4-2-1-3-5-10/h1-8,21H,9H2,(H2,18,20). The van der Waals surface area contributed by atoms with E-state index in [0.717, 1.165) is 11.3 Å². The molecule has 3 N–H and O–H groups in total. The number of rotatable bonds is 4. The van der Waals surface area contributed by atoms with Crippen molar-refractivity contribution in [3.05, 3.63) is 62.5 Å². The van der Waals surface area contributed by atoms with Gasteiger partial charge in [-0.05, 0) is 55.1 Å². The lowest BCUT2D eigenvalue weighted by Crippen LogP contribution is -2.05. The van der Waals surface area contributed by atoms with Gasteiger partial charge in [-0.3, -0.25) is 0 Å². The van der Waals surface area contributed by atoms with Crippen LogP contribution in [-0.2, 0) is 5.75 Å². The van der Waals surface area contributed by atoms with Gasteiger partial charge in [0.2, 0.25) is 0 Å². The third-order valence-electron chi connectivity index (χ3n) is 2.63. The molecular weight excluding hydrogens is 430 g/mol. The molecule has 0 saturated carbocycles. The Hall–Kier alpha value is -1.31. The molecule has 0 heterocycles. The number of hydrogen-bond donors (Lipinski definition) is 2. The molecule has 0 fully saturated rings. The molecule has 0 aliphatic carbocycles. The molecule has 0 atom stereocenters. The maximum absolute atomic E-state index is 9.63. The molecule has 0 unspecified atom stereocenters. The minimum Gasteiger partial charge on any atom is -0.506 e. The first-order chi connectivity index (χ1) is 10.6. The van der Waals surface area contributed by atoms with Gasteiger partial charge in [-0.15, -0.1) is 5.10 Å². The van der Waals surface area contributed by atoms with Crippen molar-refractivity contribution in [3.8, 4) is 5.75 Å². The monoisotopic (exact) mass is 441 g/mol. The zero-order chi connectivity index (χ0) is 15.9. The molecule has 0 aromatic heterocycles. The maximum atomic E-state index is 9.63. The summed E-state index contributed by atoms with van der Waals surface area (Å²) in [5.74, 6) is 0.903. The van der Waals surface area contributed by atoms with Gasteiger partial charge in [0.1, 0.15) is 5.75 Å². The number of benzene rings is 2. The lowest BCUT2D eigenvalue weighted by molar-refractivity contribution is 0.468. The highest BCUT2D eigenvalue weighted by molar-refractivity contribution is 9.11. The third-order valence-corrected chi connectivity index (χ3v) is 4.70. The Kier molecular flexibility index (Phi) is 6.48. The van der Waals surface area contributed by atoms with Crippen LogP contribution < -0.4 is 5.73 Å². The number of halogens is 2. The predicted molar refractivity (Wildman–Crippen MR) is 100 cm³/mol. The second-order valence-corrected chi connectivity index (χ2v) is 6.99. The maximum Gasteiger partial charge on any atom is 0.180 e. The van der Waals surface area contributed by atoms with Crippen LogP contribution in [0.4, 0.5) is 0 Å². The van der Waals surface area contributed by atoms with Gasteiger partial charge in [0.25, 0.3) is 0 Å². The number of phenolic OH excluding ortho intramolecular Hbond substituents is 1. The van der Waals surface area contributed by atoms with Gasteiger partial charge in [0.05, 0.1) is 15.2 Å². The predicted octanol–water partition coefficient (Wildman–Crippen LogP) is 4.50. The van der Waals surface area contributed by atoms with Crippen LogP contribution in [0.3, 0.4) is 0 Å². The number of phenols is 1. The van der Waals surface area contributed by atoms with E-state index in [1.807, 2.05) is 30.3 Å². The fourth-order valence-corrected chi connectivity index (χ4v) is 3.41. The summed E-state index contributed by atoms with van der Waals surface area (Å²) in [4.78, 5) is 0. The first-order valence-corrected chi connectivity index (χ1v) is 8.84. The van der Waals surface area contributed by atoms with Crippen molar-refractivity contribution in [1.29, 1.82) is 0 Å². The van der Waals surface area contributed by atoms with E-state index in [2.05, 4.69) is 42.1 Å². The van der Waals surface area contributed by atoms with Crippen molar-refractivity contribution in [2.75, 3.05) is 0 Å². The molecule has 0 saturated heterocycles. The molecule has 7 heteroatoms. The molecule has 0 radical (unpaired) electrons. The molecule has 0 bridgehead atoms. The number of amidine groups is 1. The number of nitrogens with two attached hydrogens (primary N) is 1. The Morgan fingerprint density at radius 1 is 1.18 bits per heavy atom. The number of hydrogen-bond acceptors (Lipinski definition) is 4. The SMILES string of the molecule is NC(=NN=Cc1cc(Br)c(O)c(Br)c1)SCc1ccccc1. The smallest absolute Gasteiger partial charge is 0.180 e. The highest BCUT2D eigenvalue weighted by Gasteiger charge is 2.04. The normalized spacial score (nSPS) is 12.0. The highest BCUT2D eigenvalue weighted by Crippen LogP contribution is 2.32. The number of nitrogens with zero attached hydrogens (tertiary/aromatic N) is 2. The Labute approximate surface area is 149 Å². The number of thioether (sulfide) groups is 1. The third kappa shape index (κ3) is 5.15. The van der Waals surface area contributed by atoms with Crippen LogP contribution in [0.5, 0.6) is 5.75 Å². The van der Waals surface area contributed by atoms with E-state index in [9.17, 15) is 5.11 Å². The summed E-state index contributed by atoms with van der Waals surface area (Å²) >= 11 is 7.95. The van der Waals surface area contributed by atoms with Crippen molar-refractivity contribution in [2.45, 2.75) is 5.75 Å². The van der Waals surface area contributed by atoms with Gasteiger partial charge in [0, 0.05) is 5.75 Å². The van der Waals surface area contributed by atoms with Crippen LogP contribution in [0.2, 0.25) is 0 Å². The average molecular weight is 443 g/mol. The van der Waals surface area contributed by atoms with E-state index in [4.69, 9.17) is 5.73 Å². The zero-order valence-corrected chi connectivity index (χ0v) is 15.4. The Morgan fingerprint density at radius 3 is 2.45 bits per heavy atom. The van der Waals surface area contributed by atoms with Crippen LogP contribution in [0.1, 0.15) is 11.1 Å². The quantitative estimate of drug-likeness (QED) is 0.416. The van der Waals surface area contributed by atoms with Gasteiger partial charge in [-0.25, -0.2) is 0 Å². The molecule has 0 aliphatic heterocycles. The molecule has 0 spiro atoms. The molecule has 2 aromatic rings. The van der Waals surface area contributed by atoms with E-state index in [0.29, 0.717) is 14.1 Å². The van der Waals surface area contributed by atoms with E-state index in [1.54, 1.807) is 18.3 Å². The largest absolute Gasteiger partial charge is 0.506 e. The van der Waals surface area contributed by atoms with Crippen molar-refractivity contribution >= 4 is 55.0 Å². The molecule has 114 valence electrons. The fourth-order valence-electron chi connectivity index (χ4n) is 1.57. The molecule has 22 heavy (non-hydrogen) atoms. The number of aromatic hydroxyl groups is 1. The minimum absolute atomic E-state index is 0.151. The summed E-state index contributed by atoms with van der Waals surface area (Å²) in [5, 5.41) is 17.9. The molecule has 2 aromatic carbocycles. The summed E-state index contributed by atoms with van der Waals surface area (Å²) in [6.07, 6.45) is 1.57. The van der Waals surface area contributed by atoms with Gasteiger partial charge in [-0.2, -0.15) is 5.10 Å². The van der Waals surface area contributed by atoms with Gasteiger partial charge >= 0.3 is 0 Å². The minimum atomic E-state index is 0.151. The summed E-state index contributed by atoms with van der Waals surface area (Å²) < 4.78 is 1.16. The van der Waals surface area contributed by atoms with Crippen LogP contribution in [-0.4, -0.2) is 16.5 Å². The zero-order valence-electron chi connectivity index (χ0n) is 11.4. The molecule has 0 aliphatic rings. The average Bonchev–Trinajstić information content (AvgIpc) is 2.51. The van der Waals surface area contributed by atoms with Crippen LogP contribution in [0.25, 0.3) is 0 Å². The summed E-state index contributed by atoms with van der Waals surface area (Å²) in [6.45, 7) is 0. The van der Waals surface area contributed by atoms with E-state index in [1.165, 1.54) is 17.3 Å². The summed E-state index contributed by atoms with van der Waals surface area (Å²) in [6, 6.07) is 13.5. The highest BCUT2D eigenvalue weighted by atomic mass is 79.9. The van der Waals surface area contributed by atoms with Crippen molar-refractivity contribution < 1.29 is 5.11 Å². The van der Waals surface area contributed by atoms with Crippen LogP contribution in [0, 0.1) is 0 Å². The molecule has 4 nitrogen and oxygen atoms in total. The van der Waals surface area contributed by atoms with Gasteiger partial charge in [0.15, 0.2) is 5.17 Å². The molecule has 2 rings (SSSR count). The molecule has 0 amide bonds. The fraction of sp³-hybridized carbons (Fsp3) is 0.0667. The first kappa shape index (κ1) is 17.1. The lowest BCUT2D eigenvalue weighted by Gasteiger charge is -2.01. The second kappa shape index (κ2) is 8.36. The lowest BCUT2D eigenvalue weighted by atomic mass is 10.2. The van der Waals surface area contributed by atoms with E-state index >= 15 is 0 Å². The van der Waals surface area contributed by atoms with E-state index < -0.39 is 0 Å².